The van der Waals surface area contributed by atoms with Crippen molar-refractivity contribution in [1.82, 2.24) is 0 Å². The second kappa shape index (κ2) is 7.55. The molecular weight excluding hydrogens is 212 g/mol. The fourth-order valence-electron chi connectivity index (χ4n) is 1.65. The first kappa shape index (κ1) is 13.4. The van der Waals surface area contributed by atoms with E-state index in [0.29, 0.717) is 12.2 Å². The predicted octanol–water partition coefficient (Wildman–Crippen LogP) is 3.86. The van der Waals surface area contributed by atoms with Gasteiger partial charge >= 0.3 is 0 Å². The molecule has 0 spiro atoms. The molecule has 0 radical (unpaired) electrons. The standard InChI is InChI=1S/C15H20O2/c1-3-4-5-6-7-8-10-13-14(16)11-9-12-15(13)17-2/h3,7-9,11-12,16H,1,4-6,10H2,2H3/b8-7+. The van der Waals surface area contributed by atoms with E-state index >= 15 is 0 Å². The van der Waals surface area contributed by atoms with Crippen LogP contribution in [-0.4, -0.2) is 12.2 Å². The van der Waals surface area contributed by atoms with E-state index < -0.39 is 0 Å². The molecule has 0 saturated heterocycles. The highest BCUT2D eigenvalue weighted by molar-refractivity contribution is 5.44. The van der Waals surface area contributed by atoms with Gasteiger partial charge in [-0.25, -0.2) is 0 Å². The molecule has 1 rings (SSSR count). The van der Waals surface area contributed by atoms with E-state index in [1.807, 2.05) is 12.1 Å². The zero-order chi connectivity index (χ0) is 12.5. The molecule has 0 amide bonds. The predicted molar refractivity (Wildman–Crippen MR) is 71.6 cm³/mol. The monoisotopic (exact) mass is 232 g/mol. The van der Waals surface area contributed by atoms with Gasteiger partial charge in [-0.3, -0.25) is 0 Å². The summed E-state index contributed by atoms with van der Waals surface area (Å²) in [6, 6.07) is 5.33. The number of rotatable bonds is 7. The Labute approximate surface area is 103 Å². The van der Waals surface area contributed by atoms with Crippen LogP contribution in [0.1, 0.15) is 24.8 Å². The van der Waals surface area contributed by atoms with E-state index in [0.717, 1.165) is 30.6 Å². The van der Waals surface area contributed by atoms with Crippen molar-refractivity contribution in [3.8, 4) is 11.5 Å². The lowest BCUT2D eigenvalue weighted by atomic mass is 10.1. The summed E-state index contributed by atoms with van der Waals surface area (Å²) in [6.45, 7) is 3.69. The van der Waals surface area contributed by atoms with Crippen molar-refractivity contribution < 1.29 is 9.84 Å². The minimum Gasteiger partial charge on any atom is -0.508 e. The third-order valence-corrected chi connectivity index (χ3v) is 2.60. The van der Waals surface area contributed by atoms with Crippen LogP contribution in [0.5, 0.6) is 11.5 Å². The molecule has 0 aliphatic carbocycles. The van der Waals surface area contributed by atoms with Gasteiger partial charge < -0.3 is 9.84 Å². The maximum atomic E-state index is 9.74. The molecular formula is C15H20O2. The second-order valence-electron chi connectivity index (χ2n) is 3.85. The van der Waals surface area contributed by atoms with Crippen LogP contribution in [0.3, 0.4) is 0 Å². The zero-order valence-corrected chi connectivity index (χ0v) is 10.4. The highest BCUT2D eigenvalue weighted by Crippen LogP contribution is 2.27. The van der Waals surface area contributed by atoms with Crippen LogP contribution < -0.4 is 4.74 Å². The molecule has 0 aromatic heterocycles. The Hall–Kier alpha value is -1.70. The van der Waals surface area contributed by atoms with Crippen LogP contribution in [-0.2, 0) is 6.42 Å². The fraction of sp³-hybridized carbons (Fsp3) is 0.333. The maximum absolute atomic E-state index is 9.74. The number of allylic oxidation sites excluding steroid dienone is 3. The number of phenols is 1. The smallest absolute Gasteiger partial charge is 0.126 e. The molecule has 0 unspecified atom stereocenters. The molecule has 92 valence electrons. The summed E-state index contributed by atoms with van der Waals surface area (Å²) in [6.07, 6.45) is 10.0. The van der Waals surface area contributed by atoms with Gasteiger partial charge in [0.1, 0.15) is 11.5 Å². The molecule has 0 fully saturated rings. The Morgan fingerprint density at radius 3 is 2.82 bits per heavy atom. The van der Waals surface area contributed by atoms with Crippen molar-refractivity contribution in [1.29, 1.82) is 0 Å². The summed E-state index contributed by atoms with van der Waals surface area (Å²) in [5.74, 6) is 1.03. The van der Waals surface area contributed by atoms with Crippen molar-refractivity contribution in [3.63, 3.8) is 0 Å². The molecule has 0 aliphatic heterocycles. The number of unbranched alkanes of at least 4 members (excludes halogenated alkanes) is 2. The number of methoxy groups -OCH3 is 1. The van der Waals surface area contributed by atoms with Gasteiger partial charge in [-0.05, 0) is 37.8 Å². The SMILES string of the molecule is C=CCCC/C=C/Cc1c(O)cccc1OC. The molecule has 2 heteroatoms. The maximum Gasteiger partial charge on any atom is 0.126 e. The number of phenolic OH excluding ortho intramolecular Hbond substituents is 1. The summed E-state index contributed by atoms with van der Waals surface area (Å²) in [4.78, 5) is 0. The Bertz CT molecular complexity index is 381. The average molecular weight is 232 g/mol. The van der Waals surface area contributed by atoms with Gasteiger partial charge in [0, 0.05) is 5.56 Å². The normalized spacial score (nSPS) is 10.6. The Morgan fingerprint density at radius 1 is 1.29 bits per heavy atom. The van der Waals surface area contributed by atoms with E-state index in [-0.39, 0.29) is 0 Å². The fourth-order valence-corrected chi connectivity index (χ4v) is 1.65. The quantitative estimate of drug-likeness (QED) is 0.571. The number of hydrogen-bond donors (Lipinski definition) is 1. The lowest BCUT2D eigenvalue weighted by Gasteiger charge is -2.07. The first-order valence-electron chi connectivity index (χ1n) is 5.90. The highest BCUT2D eigenvalue weighted by Gasteiger charge is 2.05. The minimum absolute atomic E-state index is 0.292. The molecule has 0 heterocycles. The van der Waals surface area contributed by atoms with Crippen molar-refractivity contribution in [2.75, 3.05) is 7.11 Å². The summed E-state index contributed by atoms with van der Waals surface area (Å²) < 4.78 is 5.21. The third kappa shape index (κ3) is 4.35. The van der Waals surface area contributed by atoms with Crippen LogP contribution >= 0.6 is 0 Å². The average Bonchev–Trinajstić information content (AvgIpc) is 2.35. The summed E-state index contributed by atoms with van der Waals surface area (Å²) in [5, 5.41) is 9.74. The molecule has 1 N–H and O–H groups in total. The molecule has 0 bridgehead atoms. The number of hydrogen-bond acceptors (Lipinski definition) is 2. The van der Waals surface area contributed by atoms with Crippen molar-refractivity contribution in [3.05, 3.63) is 48.6 Å². The Kier molecular flexibility index (Phi) is 5.94. The number of ether oxygens (including phenoxy) is 1. The molecule has 0 saturated carbocycles. The third-order valence-electron chi connectivity index (χ3n) is 2.60. The number of benzene rings is 1. The lowest BCUT2D eigenvalue weighted by molar-refractivity contribution is 0.401. The largest absolute Gasteiger partial charge is 0.508 e. The Balaban J connectivity index is 2.53. The van der Waals surface area contributed by atoms with Crippen LogP contribution in [0.25, 0.3) is 0 Å². The topological polar surface area (TPSA) is 29.5 Å². The summed E-state index contributed by atoms with van der Waals surface area (Å²) >= 11 is 0. The molecule has 17 heavy (non-hydrogen) atoms. The minimum atomic E-state index is 0.292. The molecule has 1 aromatic rings. The van der Waals surface area contributed by atoms with Crippen LogP contribution in [0.15, 0.2) is 43.0 Å². The van der Waals surface area contributed by atoms with E-state index in [2.05, 4.69) is 18.7 Å². The van der Waals surface area contributed by atoms with E-state index in [1.165, 1.54) is 0 Å². The van der Waals surface area contributed by atoms with Crippen LogP contribution in [0, 0.1) is 0 Å². The highest BCUT2D eigenvalue weighted by atomic mass is 16.5. The zero-order valence-electron chi connectivity index (χ0n) is 10.4. The molecule has 1 aromatic carbocycles. The van der Waals surface area contributed by atoms with Gasteiger partial charge in [0.2, 0.25) is 0 Å². The van der Waals surface area contributed by atoms with Crippen LogP contribution in [0.4, 0.5) is 0 Å². The molecule has 2 nitrogen and oxygen atoms in total. The van der Waals surface area contributed by atoms with E-state index in [9.17, 15) is 5.11 Å². The van der Waals surface area contributed by atoms with E-state index in [1.54, 1.807) is 19.2 Å². The van der Waals surface area contributed by atoms with Gasteiger partial charge in [0.05, 0.1) is 7.11 Å². The van der Waals surface area contributed by atoms with Crippen molar-refractivity contribution in [2.45, 2.75) is 25.7 Å². The summed E-state index contributed by atoms with van der Waals surface area (Å²) in [7, 11) is 1.62. The van der Waals surface area contributed by atoms with Gasteiger partial charge in [-0.1, -0.05) is 24.3 Å². The van der Waals surface area contributed by atoms with Crippen molar-refractivity contribution >= 4 is 0 Å². The van der Waals surface area contributed by atoms with E-state index in [4.69, 9.17) is 4.74 Å². The van der Waals surface area contributed by atoms with Crippen molar-refractivity contribution in [2.24, 2.45) is 0 Å². The van der Waals surface area contributed by atoms with Gasteiger partial charge in [0.25, 0.3) is 0 Å². The molecule has 0 aliphatic rings. The first-order valence-corrected chi connectivity index (χ1v) is 5.90. The first-order chi connectivity index (χ1) is 8.29. The van der Waals surface area contributed by atoms with Gasteiger partial charge in [-0.15, -0.1) is 6.58 Å². The summed E-state index contributed by atoms with van der Waals surface area (Å²) in [5.41, 5.74) is 0.843. The molecule has 0 atom stereocenters. The van der Waals surface area contributed by atoms with Gasteiger partial charge in [0.15, 0.2) is 0 Å². The van der Waals surface area contributed by atoms with Gasteiger partial charge in [-0.2, -0.15) is 0 Å². The second-order valence-corrected chi connectivity index (χ2v) is 3.85. The number of aromatic hydroxyl groups is 1. The lowest BCUT2D eigenvalue weighted by Crippen LogP contribution is -1.91. The van der Waals surface area contributed by atoms with Crippen LogP contribution in [0.2, 0.25) is 0 Å². The Morgan fingerprint density at radius 2 is 2.12 bits per heavy atom.